The van der Waals surface area contributed by atoms with Gasteiger partial charge >= 0.3 is 11.7 Å². The zero-order valence-corrected chi connectivity index (χ0v) is 31.8. The fourth-order valence-electron chi connectivity index (χ4n) is 5.37. The maximum Gasteiger partial charge on any atom is 0.344 e. The van der Waals surface area contributed by atoms with Crippen LogP contribution in [0.3, 0.4) is 0 Å². The van der Waals surface area contributed by atoms with Crippen LogP contribution in [0.4, 0.5) is 11.4 Å². The van der Waals surface area contributed by atoms with E-state index in [0.29, 0.717) is 12.5 Å². The lowest BCUT2D eigenvalue weighted by Gasteiger charge is -2.29. The SMILES string of the molecule is C=C[N+](C)=C(COC)NC.C=Nc1ccc(C(C)(C)c2ccc(C(C)(C)c3ccc(N=C(OC)c4n(C)cc[n+]4C)cc3)cc2)cc1.CC. The van der Waals surface area contributed by atoms with Gasteiger partial charge in [-0.2, -0.15) is 0 Å². The molecule has 0 bridgehead atoms. The third-order valence-electron chi connectivity index (χ3n) is 8.76. The van der Waals surface area contributed by atoms with Crippen molar-refractivity contribution in [2.45, 2.75) is 52.4 Å². The molecule has 0 aliphatic rings. The highest BCUT2D eigenvalue weighted by atomic mass is 16.5. The van der Waals surface area contributed by atoms with E-state index in [1.807, 2.05) is 80.3 Å². The molecule has 8 nitrogen and oxygen atoms in total. The number of ether oxygens (including phenoxy) is 2. The van der Waals surface area contributed by atoms with Gasteiger partial charge in [-0.3, -0.25) is 10.3 Å². The number of hydrogen-bond donors (Lipinski definition) is 1. The zero-order chi connectivity index (χ0) is 36.8. The van der Waals surface area contributed by atoms with Crippen LogP contribution >= 0.6 is 0 Å². The van der Waals surface area contributed by atoms with Crippen LogP contribution in [-0.4, -0.2) is 62.5 Å². The van der Waals surface area contributed by atoms with Crippen LogP contribution in [0.25, 0.3) is 0 Å². The average molecular weight is 667 g/mol. The zero-order valence-electron chi connectivity index (χ0n) is 31.8. The summed E-state index contributed by atoms with van der Waals surface area (Å²) in [7, 11) is 11.1. The van der Waals surface area contributed by atoms with Crippen molar-refractivity contribution < 1.29 is 18.6 Å². The molecule has 0 fully saturated rings. The molecule has 0 amide bonds. The number of aromatic nitrogens is 2. The predicted molar refractivity (Wildman–Crippen MR) is 206 cm³/mol. The predicted octanol–water partition coefficient (Wildman–Crippen LogP) is 7.62. The summed E-state index contributed by atoms with van der Waals surface area (Å²) in [6, 6.07) is 25.7. The molecule has 3 aromatic carbocycles. The van der Waals surface area contributed by atoms with Gasteiger partial charge in [-0.05, 0) is 53.2 Å². The van der Waals surface area contributed by atoms with Gasteiger partial charge in [-0.15, -0.1) is 0 Å². The van der Waals surface area contributed by atoms with E-state index >= 15 is 0 Å². The third kappa shape index (κ3) is 10.1. The number of methoxy groups -OCH3 is 2. The fraction of sp³-hybridized carbons (Fsp3) is 0.366. The lowest BCUT2D eigenvalue weighted by molar-refractivity contribution is -0.672. The minimum Gasteiger partial charge on any atom is -0.475 e. The van der Waals surface area contributed by atoms with Gasteiger partial charge in [0.1, 0.15) is 19.0 Å². The van der Waals surface area contributed by atoms with E-state index in [4.69, 9.17) is 14.5 Å². The average Bonchev–Trinajstić information content (AvgIpc) is 3.47. The van der Waals surface area contributed by atoms with E-state index < -0.39 is 0 Å². The van der Waals surface area contributed by atoms with Crippen molar-refractivity contribution in [1.29, 1.82) is 0 Å². The minimum atomic E-state index is -0.156. The van der Waals surface area contributed by atoms with Crippen LogP contribution in [0.5, 0.6) is 0 Å². The van der Waals surface area contributed by atoms with Gasteiger partial charge in [0.05, 0.1) is 52.9 Å². The monoisotopic (exact) mass is 666 g/mol. The fourth-order valence-corrected chi connectivity index (χ4v) is 5.37. The van der Waals surface area contributed by atoms with Gasteiger partial charge in [0.2, 0.25) is 0 Å². The molecule has 0 unspecified atom stereocenters. The molecule has 1 aromatic heterocycles. The second-order valence-corrected chi connectivity index (χ2v) is 12.5. The number of amidine groups is 1. The van der Waals surface area contributed by atoms with Crippen molar-refractivity contribution in [1.82, 2.24) is 9.88 Å². The highest BCUT2D eigenvalue weighted by molar-refractivity contribution is 5.91. The molecule has 1 heterocycles. The van der Waals surface area contributed by atoms with Gasteiger partial charge in [0.25, 0.3) is 5.84 Å². The van der Waals surface area contributed by atoms with Crippen LogP contribution in [0.15, 0.2) is 108 Å². The Labute approximate surface area is 295 Å². The maximum absolute atomic E-state index is 5.61. The van der Waals surface area contributed by atoms with Crippen molar-refractivity contribution in [3.05, 3.63) is 126 Å². The molecule has 49 heavy (non-hydrogen) atoms. The first-order valence-electron chi connectivity index (χ1n) is 16.6. The van der Waals surface area contributed by atoms with Gasteiger partial charge in [0, 0.05) is 17.9 Å². The molecule has 0 atom stereocenters. The van der Waals surface area contributed by atoms with Crippen molar-refractivity contribution in [2.75, 3.05) is 34.9 Å². The van der Waals surface area contributed by atoms with Crippen molar-refractivity contribution in [2.24, 2.45) is 24.1 Å². The summed E-state index contributed by atoms with van der Waals surface area (Å²) in [4.78, 5) is 8.77. The molecule has 262 valence electrons. The first kappa shape index (κ1) is 40.4. The summed E-state index contributed by atoms with van der Waals surface area (Å²) in [5.41, 5.74) is 6.50. The van der Waals surface area contributed by atoms with Crippen LogP contribution in [0.1, 0.15) is 69.6 Å². The first-order chi connectivity index (χ1) is 23.3. The highest BCUT2D eigenvalue weighted by Gasteiger charge is 2.27. The summed E-state index contributed by atoms with van der Waals surface area (Å²) in [6.07, 6.45) is 5.70. The number of rotatable bonds is 10. The number of hydrogen-bond acceptors (Lipinski definition) is 4. The highest BCUT2D eigenvalue weighted by Crippen LogP contribution is 2.36. The molecule has 0 aliphatic carbocycles. The number of aryl methyl sites for hydroxylation is 2. The number of likely N-dealkylation sites (N-methyl/N-ethyl adjacent to an activating group) is 1. The van der Waals surface area contributed by atoms with Crippen LogP contribution in [0.2, 0.25) is 0 Å². The molecular formula is C41H58N6O2+2. The van der Waals surface area contributed by atoms with E-state index in [-0.39, 0.29) is 10.8 Å². The van der Waals surface area contributed by atoms with E-state index in [1.165, 1.54) is 22.3 Å². The van der Waals surface area contributed by atoms with E-state index in [1.54, 1.807) is 20.4 Å². The number of aliphatic imine (C=N–C) groups is 2. The molecule has 0 saturated heterocycles. The summed E-state index contributed by atoms with van der Waals surface area (Å²) < 4.78 is 16.4. The second kappa shape index (κ2) is 18.7. The smallest absolute Gasteiger partial charge is 0.344 e. The number of nitrogens with one attached hydrogen (secondary N) is 1. The van der Waals surface area contributed by atoms with E-state index in [9.17, 15) is 0 Å². The molecule has 0 spiro atoms. The van der Waals surface area contributed by atoms with Crippen molar-refractivity contribution in [3.63, 3.8) is 0 Å². The summed E-state index contributed by atoms with van der Waals surface area (Å²) in [5, 5.41) is 3.00. The second-order valence-electron chi connectivity index (χ2n) is 12.5. The standard InChI is InChI=1S/C32H37N4O.C7H14N2O.C2H6/c1-31(2,25-13-17-27(33-5)18-14-25)23-9-11-24(12-10-23)32(3,4)26-15-19-28(20-16-26)34-29(37-8)30-35(6)21-22-36(30)7;1-5-9(3)7(8-2)6-10-4;1-2/h9-22H,5H2,1-4,6-8H3;5H,1,6H2,2-4H3;1-2H3/q+1;;/p+1. The Kier molecular flexibility index (Phi) is 15.4. The molecule has 8 heteroatoms. The summed E-state index contributed by atoms with van der Waals surface area (Å²) in [5.74, 6) is 2.48. The van der Waals surface area contributed by atoms with E-state index in [0.717, 1.165) is 23.0 Å². The number of imidazole rings is 1. The normalized spacial score (nSPS) is 12.0. The quantitative estimate of drug-likeness (QED) is 0.108. The van der Waals surface area contributed by atoms with Gasteiger partial charge in [0.15, 0.2) is 0 Å². The van der Waals surface area contributed by atoms with Gasteiger partial charge in [-0.25, -0.2) is 18.7 Å². The Morgan fingerprint density at radius 2 is 1.29 bits per heavy atom. The molecule has 0 radical (unpaired) electrons. The van der Waals surface area contributed by atoms with Crippen molar-refractivity contribution in [3.8, 4) is 0 Å². The number of benzene rings is 3. The molecular weight excluding hydrogens is 608 g/mol. The molecule has 4 rings (SSSR count). The lowest BCUT2D eigenvalue weighted by atomic mass is 9.74. The van der Waals surface area contributed by atoms with Crippen LogP contribution in [0, 0.1) is 0 Å². The topological polar surface area (TPSA) is 67.0 Å². The molecule has 4 aromatic rings. The van der Waals surface area contributed by atoms with Crippen LogP contribution < -0.4 is 9.88 Å². The largest absolute Gasteiger partial charge is 0.475 e. The lowest BCUT2D eigenvalue weighted by Crippen LogP contribution is -2.35. The molecule has 0 aliphatic heterocycles. The third-order valence-corrected chi connectivity index (χ3v) is 8.76. The molecule has 1 N–H and O–H groups in total. The Bertz CT molecular complexity index is 1670. The van der Waals surface area contributed by atoms with Crippen LogP contribution in [-0.2, 0) is 34.4 Å². The summed E-state index contributed by atoms with van der Waals surface area (Å²) in [6.45, 7) is 20.9. The first-order valence-corrected chi connectivity index (χ1v) is 16.6. The Morgan fingerprint density at radius 1 is 0.857 bits per heavy atom. The van der Waals surface area contributed by atoms with Gasteiger partial charge < -0.3 is 9.47 Å². The van der Waals surface area contributed by atoms with Crippen molar-refractivity contribution >= 4 is 29.8 Å². The summed E-state index contributed by atoms with van der Waals surface area (Å²) >= 11 is 0. The van der Waals surface area contributed by atoms with Gasteiger partial charge in [-0.1, -0.05) is 96.7 Å². The van der Waals surface area contributed by atoms with E-state index in [2.05, 4.69) is 112 Å². The maximum atomic E-state index is 5.61. The Hall–Kier alpha value is -4.82. The Morgan fingerprint density at radius 3 is 1.61 bits per heavy atom. The Balaban J connectivity index is 0.000000598. The minimum absolute atomic E-state index is 0.115. The number of nitrogens with zero attached hydrogens (tertiary/aromatic N) is 5. The molecule has 0 saturated carbocycles.